The molecule has 0 bridgehead atoms. The molecule has 0 atom stereocenters. The van der Waals surface area contributed by atoms with Gasteiger partial charge in [-0.15, -0.1) is 24.0 Å². The minimum absolute atomic E-state index is 0. The van der Waals surface area contributed by atoms with E-state index >= 15 is 0 Å². The van der Waals surface area contributed by atoms with Crippen molar-refractivity contribution >= 4 is 41.5 Å². The number of guanidine groups is 1. The maximum atomic E-state index is 13.6. The lowest BCUT2D eigenvalue weighted by Gasteiger charge is -2.12. The van der Waals surface area contributed by atoms with Gasteiger partial charge in [-0.1, -0.05) is 12.1 Å². The summed E-state index contributed by atoms with van der Waals surface area (Å²) >= 11 is 0. The average molecular weight is 488 g/mol. The van der Waals surface area contributed by atoms with E-state index in [0.717, 1.165) is 35.9 Å². The van der Waals surface area contributed by atoms with Crippen molar-refractivity contribution in [3.63, 3.8) is 0 Å². The Bertz CT molecular complexity index is 782. The summed E-state index contributed by atoms with van der Waals surface area (Å²) in [6.45, 7) is 2.21. The van der Waals surface area contributed by atoms with Crippen LogP contribution in [0.25, 0.3) is 0 Å². The Morgan fingerprint density at radius 1 is 1.07 bits per heavy atom. The minimum Gasteiger partial charge on any atom is -0.356 e. The van der Waals surface area contributed by atoms with Gasteiger partial charge in [0.2, 0.25) is 5.91 Å². The first kappa shape index (κ1) is 22.8. The van der Waals surface area contributed by atoms with Gasteiger partial charge >= 0.3 is 0 Å². The van der Waals surface area contributed by atoms with Gasteiger partial charge in [-0.2, -0.15) is 0 Å². The van der Waals surface area contributed by atoms with Crippen LogP contribution in [0.4, 0.5) is 14.5 Å². The van der Waals surface area contributed by atoms with E-state index in [9.17, 15) is 13.6 Å². The molecule has 0 aliphatic carbocycles. The van der Waals surface area contributed by atoms with E-state index < -0.39 is 11.6 Å². The van der Waals surface area contributed by atoms with E-state index in [1.807, 2.05) is 24.3 Å². The fraction of sp³-hybridized carbons (Fsp3) is 0.263. The van der Waals surface area contributed by atoms with E-state index in [4.69, 9.17) is 0 Å². The van der Waals surface area contributed by atoms with E-state index in [1.54, 1.807) is 7.05 Å². The number of amides is 1. The van der Waals surface area contributed by atoms with Crippen LogP contribution in [0.2, 0.25) is 0 Å². The number of hydrogen-bond donors (Lipinski definition) is 3. The summed E-state index contributed by atoms with van der Waals surface area (Å²) in [5.74, 6) is -0.546. The van der Waals surface area contributed by atoms with E-state index in [0.29, 0.717) is 12.5 Å². The number of aliphatic imine (C=N–C) groups is 1. The predicted molar refractivity (Wildman–Crippen MR) is 114 cm³/mol. The molecule has 0 aromatic heterocycles. The van der Waals surface area contributed by atoms with Crippen molar-refractivity contribution in [2.45, 2.75) is 19.9 Å². The monoisotopic (exact) mass is 488 g/mol. The van der Waals surface area contributed by atoms with Crippen LogP contribution in [0.15, 0.2) is 47.5 Å². The molecule has 8 heteroatoms. The van der Waals surface area contributed by atoms with Crippen molar-refractivity contribution in [1.29, 1.82) is 0 Å². The molecule has 0 heterocycles. The van der Waals surface area contributed by atoms with Crippen molar-refractivity contribution in [2.24, 2.45) is 4.99 Å². The summed E-state index contributed by atoms with van der Waals surface area (Å²) in [6.07, 6.45) is 0.745. The van der Waals surface area contributed by atoms with Crippen molar-refractivity contribution in [2.75, 3.05) is 18.9 Å². The average Bonchev–Trinajstić information content (AvgIpc) is 2.61. The fourth-order valence-electron chi connectivity index (χ4n) is 2.36. The van der Waals surface area contributed by atoms with Crippen LogP contribution in [0, 0.1) is 11.6 Å². The summed E-state index contributed by atoms with van der Waals surface area (Å²) in [7, 11) is 1.61. The van der Waals surface area contributed by atoms with Gasteiger partial charge in [0, 0.05) is 38.3 Å². The third-order valence-electron chi connectivity index (χ3n) is 3.66. The second-order valence-corrected chi connectivity index (χ2v) is 5.72. The predicted octanol–water partition coefficient (Wildman–Crippen LogP) is 3.45. The van der Waals surface area contributed by atoms with E-state index in [1.165, 1.54) is 6.92 Å². The van der Waals surface area contributed by atoms with Crippen LogP contribution in [0.3, 0.4) is 0 Å². The number of carbonyl (C=O) groups is 1. The maximum Gasteiger partial charge on any atom is 0.221 e. The van der Waals surface area contributed by atoms with Crippen LogP contribution in [0.5, 0.6) is 0 Å². The summed E-state index contributed by atoms with van der Waals surface area (Å²) in [5.41, 5.74) is 2.09. The number of benzene rings is 2. The number of carbonyl (C=O) groups excluding carboxylic acids is 1. The molecule has 0 saturated carbocycles. The molecule has 3 N–H and O–H groups in total. The molecule has 2 rings (SSSR count). The maximum absolute atomic E-state index is 13.6. The summed E-state index contributed by atoms with van der Waals surface area (Å²) < 4.78 is 26.8. The molecule has 0 saturated heterocycles. The first-order valence-electron chi connectivity index (χ1n) is 8.23. The van der Waals surface area contributed by atoms with Crippen molar-refractivity contribution < 1.29 is 13.6 Å². The highest BCUT2D eigenvalue weighted by atomic mass is 127. The van der Waals surface area contributed by atoms with Crippen LogP contribution in [0.1, 0.15) is 18.1 Å². The van der Waals surface area contributed by atoms with Gasteiger partial charge in [0.25, 0.3) is 0 Å². The summed E-state index contributed by atoms with van der Waals surface area (Å²) in [4.78, 5) is 15.1. The molecular formula is C19H23F2IN4O. The lowest BCUT2D eigenvalue weighted by atomic mass is 10.1. The van der Waals surface area contributed by atoms with Gasteiger partial charge in [0.05, 0.1) is 0 Å². The Balaban J connectivity index is 0.00000364. The zero-order valence-electron chi connectivity index (χ0n) is 15.2. The van der Waals surface area contributed by atoms with Crippen LogP contribution < -0.4 is 16.0 Å². The van der Waals surface area contributed by atoms with Gasteiger partial charge in [-0.3, -0.25) is 9.79 Å². The largest absolute Gasteiger partial charge is 0.356 e. The third-order valence-corrected chi connectivity index (χ3v) is 3.66. The minimum atomic E-state index is -0.478. The molecule has 5 nitrogen and oxygen atoms in total. The molecule has 0 aliphatic heterocycles. The smallest absolute Gasteiger partial charge is 0.221 e. The van der Waals surface area contributed by atoms with Crippen molar-refractivity contribution in [3.8, 4) is 0 Å². The van der Waals surface area contributed by atoms with Gasteiger partial charge in [0.1, 0.15) is 11.6 Å². The van der Waals surface area contributed by atoms with Crippen LogP contribution in [-0.2, 0) is 17.8 Å². The standard InChI is InChI=1S/C19H22F2N4O.HI/c1-13(26)25-17-6-3-14(4-7-17)9-10-23-19(22-2)24-12-15-11-16(20)5-8-18(15)21;/h3-8,11H,9-10,12H2,1-2H3,(H,25,26)(H2,22,23,24);1H. The molecule has 0 aliphatic rings. The Morgan fingerprint density at radius 3 is 2.41 bits per heavy atom. The first-order chi connectivity index (χ1) is 12.5. The Kier molecular flexibility index (Phi) is 9.70. The zero-order chi connectivity index (χ0) is 18.9. The summed E-state index contributed by atoms with van der Waals surface area (Å²) in [5, 5.41) is 8.79. The molecule has 0 spiro atoms. The molecule has 27 heavy (non-hydrogen) atoms. The Labute approximate surface area is 174 Å². The lowest BCUT2D eigenvalue weighted by Crippen LogP contribution is -2.38. The van der Waals surface area contributed by atoms with Gasteiger partial charge < -0.3 is 16.0 Å². The van der Waals surface area contributed by atoms with Crippen LogP contribution in [-0.4, -0.2) is 25.5 Å². The van der Waals surface area contributed by atoms with Gasteiger partial charge in [0.15, 0.2) is 5.96 Å². The Morgan fingerprint density at radius 2 is 1.78 bits per heavy atom. The zero-order valence-corrected chi connectivity index (χ0v) is 17.5. The number of rotatable bonds is 6. The highest BCUT2D eigenvalue weighted by Gasteiger charge is 2.05. The normalized spacial score (nSPS) is 10.7. The molecule has 0 radical (unpaired) electrons. The second-order valence-electron chi connectivity index (χ2n) is 5.72. The van der Waals surface area contributed by atoms with Crippen molar-refractivity contribution in [3.05, 3.63) is 65.2 Å². The highest BCUT2D eigenvalue weighted by Crippen LogP contribution is 2.10. The number of nitrogens with zero attached hydrogens (tertiary/aromatic N) is 1. The number of nitrogens with one attached hydrogen (secondary N) is 3. The fourth-order valence-corrected chi connectivity index (χ4v) is 2.36. The SMILES string of the molecule is CN=C(NCCc1ccc(NC(C)=O)cc1)NCc1cc(F)ccc1F.I. The molecule has 0 fully saturated rings. The lowest BCUT2D eigenvalue weighted by molar-refractivity contribution is -0.114. The Hall–Kier alpha value is -2.23. The number of halogens is 3. The molecule has 1 amide bonds. The molecule has 2 aromatic carbocycles. The quantitative estimate of drug-likeness (QED) is 0.332. The van der Waals surface area contributed by atoms with Crippen LogP contribution >= 0.6 is 24.0 Å². The topological polar surface area (TPSA) is 65.5 Å². The highest BCUT2D eigenvalue weighted by molar-refractivity contribution is 14.0. The molecule has 0 unspecified atom stereocenters. The summed E-state index contributed by atoms with van der Waals surface area (Å²) in [6, 6.07) is 10.9. The van der Waals surface area contributed by atoms with E-state index in [2.05, 4.69) is 20.9 Å². The van der Waals surface area contributed by atoms with Gasteiger partial charge in [-0.05, 0) is 42.3 Å². The molecule has 146 valence electrons. The third kappa shape index (κ3) is 7.90. The molecule has 2 aromatic rings. The second kappa shape index (κ2) is 11.5. The molecular weight excluding hydrogens is 465 g/mol. The van der Waals surface area contributed by atoms with Gasteiger partial charge in [-0.25, -0.2) is 8.78 Å². The van der Waals surface area contributed by atoms with Crippen molar-refractivity contribution in [1.82, 2.24) is 10.6 Å². The number of hydrogen-bond acceptors (Lipinski definition) is 2. The van der Waals surface area contributed by atoms with E-state index in [-0.39, 0.29) is 42.0 Å². The first-order valence-corrected chi connectivity index (χ1v) is 8.23. The number of anilines is 1.